The van der Waals surface area contributed by atoms with E-state index < -0.39 is 4.92 Å². The summed E-state index contributed by atoms with van der Waals surface area (Å²) in [7, 11) is 0. The Balaban J connectivity index is 2.93. The summed E-state index contributed by atoms with van der Waals surface area (Å²) in [4.78, 5) is 9.45. The Kier molecular flexibility index (Phi) is 2.82. The first-order valence-electron chi connectivity index (χ1n) is 3.26. The van der Waals surface area contributed by atoms with Crippen molar-refractivity contribution < 1.29 is 4.92 Å². The van der Waals surface area contributed by atoms with E-state index >= 15 is 0 Å². The van der Waals surface area contributed by atoms with Gasteiger partial charge in [-0.2, -0.15) is 0 Å². The molecule has 0 unspecified atom stereocenters. The van der Waals surface area contributed by atoms with Gasteiger partial charge in [-0.1, -0.05) is 41.9 Å². The Hall–Kier alpha value is -1.35. The lowest BCUT2D eigenvalue weighted by molar-refractivity contribution is -0.401. The minimum Gasteiger partial charge on any atom is -0.259 e. The molecule has 0 atom stereocenters. The summed E-state index contributed by atoms with van der Waals surface area (Å²) in [5.41, 5.74) is 0.649. The van der Waals surface area contributed by atoms with E-state index in [1.807, 2.05) is 6.07 Å². The maximum absolute atomic E-state index is 10.0. The molecule has 12 heavy (non-hydrogen) atoms. The summed E-state index contributed by atoms with van der Waals surface area (Å²) >= 11 is 5.62. The fourth-order valence-electron chi connectivity index (χ4n) is 0.764. The van der Waals surface area contributed by atoms with Crippen LogP contribution in [0.4, 0.5) is 0 Å². The molecule has 0 aliphatic carbocycles. The van der Waals surface area contributed by atoms with Gasteiger partial charge in [-0.05, 0) is 5.56 Å². The number of rotatable bonds is 2. The predicted molar refractivity (Wildman–Crippen MR) is 47.3 cm³/mol. The molecule has 3 nitrogen and oxygen atoms in total. The van der Waals surface area contributed by atoms with Crippen LogP contribution in [0.1, 0.15) is 5.56 Å². The topological polar surface area (TPSA) is 43.1 Å². The fourth-order valence-corrected chi connectivity index (χ4v) is 0.970. The second-order valence-corrected chi connectivity index (χ2v) is 2.54. The molecule has 0 spiro atoms. The highest BCUT2D eigenvalue weighted by Gasteiger charge is 2.00. The molecule has 0 saturated heterocycles. The molecule has 1 rings (SSSR count). The van der Waals surface area contributed by atoms with Crippen molar-refractivity contribution in [2.75, 3.05) is 0 Å². The summed E-state index contributed by atoms with van der Waals surface area (Å²) in [6, 6.07) is 8.78. The Morgan fingerprint density at radius 1 is 1.42 bits per heavy atom. The van der Waals surface area contributed by atoms with Gasteiger partial charge in [0.2, 0.25) is 0 Å². The molecule has 0 aliphatic rings. The maximum Gasteiger partial charge on any atom is 0.253 e. The van der Waals surface area contributed by atoms with Gasteiger partial charge in [0.15, 0.2) is 0 Å². The minimum atomic E-state index is -0.574. The summed E-state index contributed by atoms with van der Waals surface area (Å²) in [6.07, 6.45) is 0.775. The molecule has 62 valence electrons. The summed E-state index contributed by atoms with van der Waals surface area (Å²) in [5.74, 6) is 0. The number of nitro groups is 1. The number of nitrogens with zero attached hydrogens (tertiary/aromatic N) is 1. The van der Waals surface area contributed by atoms with Crippen molar-refractivity contribution in [2.45, 2.75) is 0 Å². The SMILES string of the molecule is O=[N+]([O-])C=C(Cl)c1ccccc1. The number of halogens is 1. The molecule has 0 fully saturated rings. The number of hydrogen-bond donors (Lipinski definition) is 0. The van der Waals surface area contributed by atoms with Gasteiger partial charge in [-0.15, -0.1) is 0 Å². The average Bonchev–Trinajstić information content (AvgIpc) is 2.05. The van der Waals surface area contributed by atoms with Crippen LogP contribution in [-0.2, 0) is 0 Å². The first-order valence-corrected chi connectivity index (χ1v) is 3.64. The first kappa shape index (κ1) is 8.74. The van der Waals surface area contributed by atoms with Crippen LogP contribution < -0.4 is 0 Å². The summed E-state index contributed by atoms with van der Waals surface area (Å²) in [5, 5.41) is 10.2. The monoisotopic (exact) mass is 183 g/mol. The molecule has 0 heterocycles. The van der Waals surface area contributed by atoms with Gasteiger partial charge >= 0.3 is 0 Å². The van der Waals surface area contributed by atoms with Crippen molar-refractivity contribution in [1.29, 1.82) is 0 Å². The van der Waals surface area contributed by atoms with E-state index in [2.05, 4.69) is 0 Å². The van der Waals surface area contributed by atoms with E-state index in [1.54, 1.807) is 24.3 Å². The van der Waals surface area contributed by atoms with E-state index in [0.717, 1.165) is 6.20 Å². The van der Waals surface area contributed by atoms with Gasteiger partial charge in [0.05, 0.1) is 4.92 Å². The first-order chi connectivity index (χ1) is 5.70. The fraction of sp³-hybridized carbons (Fsp3) is 0. The second kappa shape index (κ2) is 3.88. The molecule has 0 N–H and O–H groups in total. The predicted octanol–water partition coefficient (Wildman–Crippen LogP) is 2.50. The van der Waals surface area contributed by atoms with Gasteiger partial charge in [-0.3, -0.25) is 10.1 Å². The molecule has 0 aliphatic heterocycles. The normalized spacial score (nSPS) is 11.2. The van der Waals surface area contributed by atoms with Crippen LogP contribution >= 0.6 is 11.6 Å². The van der Waals surface area contributed by atoms with Crippen LogP contribution in [-0.4, -0.2) is 4.92 Å². The zero-order chi connectivity index (χ0) is 8.97. The third-order valence-electron chi connectivity index (χ3n) is 1.27. The third-order valence-corrected chi connectivity index (χ3v) is 1.58. The van der Waals surface area contributed by atoms with Crippen molar-refractivity contribution in [1.82, 2.24) is 0 Å². The highest BCUT2D eigenvalue weighted by Crippen LogP contribution is 2.17. The highest BCUT2D eigenvalue weighted by atomic mass is 35.5. The van der Waals surface area contributed by atoms with Crippen molar-refractivity contribution in [2.24, 2.45) is 0 Å². The summed E-state index contributed by atoms with van der Waals surface area (Å²) < 4.78 is 0. The van der Waals surface area contributed by atoms with Crippen molar-refractivity contribution in [3.05, 3.63) is 52.2 Å². The Morgan fingerprint density at radius 3 is 2.50 bits per heavy atom. The van der Waals surface area contributed by atoms with Crippen LogP contribution in [0, 0.1) is 10.1 Å². The lowest BCUT2D eigenvalue weighted by Crippen LogP contribution is -1.85. The molecule has 0 aromatic heterocycles. The molecule has 0 bridgehead atoms. The van der Waals surface area contributed by atoms with Crippen LogP contribution in [0.3, 0.4) is 0 Å². The third kappa shape index (κ3) is 2.36. The van der Waals surface area contributed by atoms with Gasteiger partial charge in [-0.25, -0.2) is 0 Å². The van der Waals surface area contributed by atoms with Gasteiger partial charge in [0, 0.05) is 0 Å². The van der Waals surface area contributed by atoms with Crippen LogP contribution in [0.25, 0.3) is 5.03 Å². The molecule has 1 aromatic carbocycles. The van der Waals surface area contributed by atoms with Crippen molar-refractivity contribution >= 4 is 16.6 Å². The van der Waals surface area contributed by atoms with Crippen LogP contribution in [0.15, 0.2) is 36.5 Å². The maximum atomic E-state index is 10.0. The van der Waals surface area contributed by atoms with E-state index in [9.17, 15) is 10.1 Å². The zero-order valence-electron chi connectivity index (χ0n) is 6.11. The molecule has 0 saturated carbocycles. The molecule has 0 radical (unpaired) electrons. The number of benzene rings is 1. The van der Waals surface area contributed by atoms with E-state index in [4.69, 9.17) is 11.6 Å². The smallest absolute Gasteiger partial charge is 0.253 e. The molecular weight excluding hydrogens is 178 g/mol. The van der Waals surface area contributed by atoms with E-state index in [0.29, 0.717) is 5.56 Å². The lowest BCUT2D eigenvalue weighted by Gasteiger charge is -1.93. The Labute approximate surface area is 74.4 Å². The average molecular weight is 184 g/mol. The number of hydrogen-bond acceptors (Lipinski definition) is 2. The molecular formula is C8H6ClNO2. The molecule has 4 heteroatoms. The van der Waals surface area contributed by atoms with Gasteiger partial charge in [0.1, 0.15) is 5.03 Å². The van der Waals surface area contributed by atoms with Crippen LogP contribution in [0.2, 0.25) is 0 Å². The molecule has 1 aromatic rings. The van der Waals surface area contributed by atoms with Crippen molar-refractivity contribution in [3.63, 3.8) is 0 Å². The zero-order valence-corrected chi connectivity index (χ0v) is 6.86. The standard InChI is InChI=1S/C8H6ClNO2/c9-8(6-10(11)12)7-4-2-1-3-5-7/h1-6H. The minimum absolute atomic E-state index is 0.139. The second-order valence-electron chi connectivity index (χ2n) is 2.13. The van der Waals surface area contributed by atoms with Gasteiger partial charge < -0.3 is 0 Å². The molecule has 0 amide bonds. The Morgan fingerprint density at radius 2 is 2.00 bits per heavy atom. The quantitative estimate of drug-likeness (QED) is 0.522. The Bertz CT molecular complexity index is 308. The van der Waals surface area contributed by atoms with Crippen molar-refractivity contribution in [3.8, 4) is 0 Å². The van der Waals surface area contributed by atoms with Gasteiger partial charge in [0.25, 0.3) is 6.20 Å². The largest absolute Gasteiger partial charge is 0.259 e. The lowest BCUT2D eigenvalue weighted by atomic mass is 10.2. The van der Waals surface area contributed by atoms with E-state index in [1.165, 1.54) is 0 Å². The van der Waals surface area contributed by atoms with E-state index in [-0.39, 0.29) is 5.03 Å². The van der Waals surface area contributed by atoms with Crippen LogP contribution in [0.5, 0.6) is 0 Å². The summed E-state index contributed by atoms with van der Waals surface area (Å²) in [6.45, 7) is 0. The highest BCUT2D eigenvalue weighted by molar-refractivity contribution is 6.48.